The first-order valence-corrected chi connectivity index (χ1v) is 12.1. The average molecular weight is 482 g/mol. The first-order chi connectivity index (χ1) is 16.7. The Balaban J connectivity index is 1.58. The van der Waals surface area contributed by atoms with Crippen LogP contribution in [-0.2, 0) is 9.53 Å². The molecule has 0 saturated carbocycles. The Kier molecular flexibility index (Phi) is 7.21. The van der Waals surface area contributed by atoms with Gasteiger partial charge in [0, 0.05) is 43.6 Å². The van der Waals surface area contributed by atoms with Crippen molar-refractivity contribution in [2.24, 2.45) is 5.92 Å². The minimum absolute atomic E-state index is 0.0966. The van der Waals surface area contributed by atoms with Crippen molar-refractivity contribution in [3.63, 3.8) is 0 Å². The number of aryl methyl sites for hydroxylation is 1. The molecule has 1 N–H and O–H groups in total. The molecular formula is C27H32FN3O4. The lowest BCUT2D eigenvalue weighted by Crippen LogP contribution is -2.60. The first-order valence-electron chi connectivity index (χ1n) is 12.1. The number of benzene rings is 2. The summed E-state index contributed by atoms with van der Waals surface area (Å²) >= 11 is 0. The minimum atomic E-state index is -0.988. The molecule has 186 valence electrons. The van der Waals surface area contributed by atoms with Crippen LogP contribution in [0.2, 0.25) is 0 Å². The number of nitrogens with one attached hydrogen (secondary N) is 1. The Morgan fingerprint density at radius 2 is 1.80 bits per heavy atom. The van der Waals surface area contributed by atoms with Gasteiger partial charge in [0.1, 0.15) is 17.6 Å². The van der Waals surface area contributed by atoms with Crippen molar-refractivity contribution in [1.82, 2.24) is 15.1 Å². The van der Waals surface area contributed by atoms with Crippen molar-refractivity contribution in [2.45, 2.75) is 45.4 Å². The summed E-state index contributed by atoms with van der Waals surface area (Å²) in [4.78, 5) is 43.1. The molecule has 0 aliphatic carbocycles. The molecule has 0 bridgehead atoms. The highest BCUT2D eigenvalue weighted by Gasteiger charge is 2.54. The van der Waals surface area contributed by atoms with E-state index in [1.54, 1.807) is 28.0 Å². The molecule has 2 aromatic carbocycles. The summed E-state index contributed by atoms with van der Waals surface area (Å²) in [6.07, 6.45) is 0.722. The molecule has 1 atom stereocenters. The van der Waals surface area contributed by atoms with Crippen LogP contribution < -0.4 is 5.32 Å². The van der Waals surface area contributed by atoms with Gasteiger partial charge in [-0.15, -0.1) is 0 Å². The van der Waals surface area contributed by atoms with Gasteiger partial charge < -0.3 is 15.0 Å². The van der Waals surface area contributed by atoms with E-state index in [0.29, 0.717) is 38.0 Å². The molecule has 2 heterocycles. The van der Waals surface area contributed by atoms with E-state index in [0.717, 1.165) is 5.56 Å². The van der Waals surface area contributed by atoms with Gasteiger partial charge in [-0.2, -0.15) is 0 Å². The topological polar surface area (TPSA) is 79.0 Å². The summed E-state index contributed by atoms with van der Waals surface area (Å²) in [6, 6.07) is 12.2. The molecule has 0 radical (unpaired) electrons. The lowest BCUT2D eigenvalue weighted by Gasteiger charge is -2.44. The van der Waals surface area contributed by atoms with E-state index in [1.807, 2.05) is 32.9 Å². The van der Waals surface area contributed by atoms with Gasteiger partial charge in [-0.1, -0.05) is 38.1 Å². The number of carbonyl (C=O) groups is 3. The van der Waals surface area contributed by atoms with Crippen LogP contribution in [0.25, 0.3) is 0 Å². The third-order valence-electron chi connectivity index (χ3n) is 6.75. The van der Waals surface area contributed by atoms with E-state index in [1.165, 1.54) is 18.2 Å². The molecule has 7 nitrogen and oxygen atoms in total. The van der Waals surface area contributed by atoms with Crippen molar-refractivity contribution in [3.8, 4) is 0 Å². The normalized spacial score (nSPS) is 19.3. The number of ether oxygens (including phenoxy) is 1. The zero-order valence-corrected chi connectivity index (χ0v) is 20.4. The molecule has 2 saturated heterocycles. The molecule has 3 amide bonds. The molecule has 0 unspecified atom stereocenters. The van der Waals surface area contributed by atoms with Gasteiger partial charge in [-0.3, -0.25) is 19.3 Å². The van der Waals surface area contributed by atoms with Gasteiger partial charge in [0.2, 0.25) is 5.91 Å². The fourth-order valence-corrected chi connectivity index (χ4v) is 4.80. The second-order valence-electron chi connectivity index (χ2n) is 9.70. The maximum atomic E-state index is 13.8. The van der Waals surface area contributed by atoms with Crippen molar-refractivity contribution in [2.75, 3.05) is 26.2 Å². The Bertz CT molecular complexity index is 1110. The van der Waals surface area contributed by atoms with Crippen LogP contribution >= 0.6 is 0 Å². The Morgan fingerprint density at radius 1 is 1.09 bits per heavy atom. The van der Waals surface area contributed by atoms with Crippen LogP contribution in [0.5, 0.6) is 0 Å². The fourth-order valence-electron chi connectivity index (χ4n) is 4.80. The molecule has 4 rings (SSSR count). The zero-order chi connectivity index (χ0) is 25.2. The van der Waals surface area contributed by atoms with E-state index in [-0.39, 0.29) is 35.8 Å². The maximum absolute atomic E-state index is 13.8. The number of piperidine rings is 1. The molecule has 35 heavy (non-hydrogen) atoms. The van der Waals surface area contributed by atoms with Gasteiger partial charge in [0.05, 0.1) is 6.61 Å². The highest BCUT2D eigenvalue weighted by atomic mass is 19.1. The summed E-state index contributed by atoms with van der Waals surface area (Å²) in [6.45, 7) is 7.14. The first kappa shape index (κ1) is 24.9. The van der Waals surface area contributed by atoms with Crippen LogP contribution in [0.4, 0.5) is 4.39 Å². The minimum Gasteiger partial charge on any atom is -0.354 e. The number of hydrogen-bond acceptors (Lipinski definition) is 4. The smallest absolute Gasteiger partial charge is 0.257 e. The summed E-state index contributed by atoms with van der Waals surface area (Å²) in [5.41, 5.74) is 0.641. The lowest BCUT2D eigenvalue weighted by atomic mass is 9.95. The summed E-state index contributed by atoms with van der Waals surface area (Å²) in [5, 5.41) is 2.94. The summed E-state index contributed by atoms with van der Waals surface area (Å²) in [7, 11) is 0. The van der Waals surface area contributed by atoms with Crippen molar-refractivity contribution >= 4 is 17.7 Å². The van der Waals surface area contributed by atoms with Crippen molar-refractivity contribution in [1.29, 1.82) is 0 Å². The largest absolute Gasteiger partial charge is 0.354 e. The van der Waals surface area contributed by atoms with Crippen LogP contribution in [0.15, 0.2) is 48.5 Å². The van der Waals surface area contributed by atoms with Gasteiger partial charge in [0.25, 0.3) is 11.8 Å². The average Bonchev–Trinajstić information content (AvgIpc) is 3.21. The molecule has 2 aromatic rings. The highest BCUT2D eigenvalue weighted by molar-refractivity contribution is 5.99. The van der Waals surface area contributed by atoms with Crippen LogP contribution in [0.1, 0.15) is 53.0 Å². The maximum Gasteiger partial charge on any atom is 0.257 e. The second kappa shape index (κ2) is 10.2. The van der Waals surface area contributed by atoms with E-state index in [9.17, 15) is 18.8 Å². The monoisotopic (exact) mass is 481 g/mol. The van der Waals surface area contributed by atoms with Crippen LogP contribution in [0, 0.1) is 18.7 Å². The molecule has 2 aliphatic heterocycles. The Morgan fingerprint density at radius 3 is 2.46 bits per heavy atom. The van der Waals surface area contributed by atoms with Crippen LogP contribution in [0.3, 0.4) is 0 Å². The van der Waals surface area contributed by atoms with E-state index in [4.69, 9.17) is 4.74 Å². The Hall–Kier alpha value is -3.26. The van der Waals surface area contributed by atoms with Gasteiger partial charge in [-0.05, 0) is 42.7 Å². The van der Waals surface area contributed by atoms with Crippen LogP contribution in [-0.4, -0.2) is 65.5 Å². The number of amides is 3. The van der Waals surface area contributed by atoms with Gasteiger partial charge in [0.15, 0.2) is 0 Å². The van der Waals surface area contributed by atoms with E-state index in [2.05, 4.69) is 5.32 Å². The predicted octanol–water partition coefficient (Wildman–Crippen LogP) is 3.38. The van der Waals surface area contributed by atoms with Gasteiger partial charge in [-0.25, -0.2) is 4.39 Å². The Labute approximate surface area is 205 Å². The number of hydrogen-bond donors (Lipinski definition) is 1. The quantitative estimate of drug-likeness (QED) is 0.710. The number of halogens is 1. The van der Waals surface area contributed by atoms with E-state index < -0.39 is 17.6 Å². The molecule has 1 spiro atoms. The molecule has 2 fully saturated rings. The third kappa shape index (κ3) is 5.07. The van der Waals surface area contributed by atoms with E-state index >= 15 is 0 Å². The number of carbonyl (C=O) groups excluding carboxylic acids is 3. The molecule has 0 aromatic heterocycles. The van der Waals surface area contributed by atoms with Crippen molar-refractivity contribution < 1.29 is 23.5 Å². The summed E-state index contributed by atoms with van der Waals surface area (Å²) < 4.78 is 19.8. The number of rotatable bonds is 5. The highest BCUT2D eigenvalue weighted by Crippen LogP contribution is 2.39. The standard InChI is InChI=1S/C27H32FN3O4/c1-18(2)16-29-24(32)23-17-35-27(31(23)26(34)22-10-5-4-7-19(22)3)11-13-30(14-12-27)25(33)20-8-6-9-21(28)15-20/h4-10,15,18,23H,11-14,16-17H2,1-3H3,(H,29,32)/t23-/m1/s1. The fraction of sp³-hybridized carbons (Fsp3) is 0.444. The number of nitrogens with zero attached hydrogens (tertiary/aromatic N) is 2. The predicted molar refractivity (Wildman–Crippen MR) is 129 cm³/mol. The van der Waals surface area contributed by atoms with Crippen molar-refractivity contribution in [3.05, 3.63) is 71.0 Å². The van der Waals surface area contributed by atoms with Gasteiger partial charge >= 0.3 is 0 Å². The third-order valence-corrected chi connectivity index (χ3v) is 6.75. The SMILES string of the molecule is Cc1ccccc1C(=O)N1[C@@H](C(=O)NCC(C)C)COC12CCN(C(=O)c1cccc(F)c1)CC2. The zero-order valence-electron chi connectivity index (χ0n) is 20.4. The molecular weight excluding hydrogens is 449 g/mol. The summed E-state index contributed by atoms with van der Waals surface area (Å²) in [5.74, 6) is -0.951. The lowest BCUT2D eigenvalue weighted by molar-refractivity contribution is -0.128. The number of likely N-dealkylation sites (tertiary alicyclic amines) is 1. The second-order valence-corrected chi connectivity index (χ2v) is 9.70. The molecule has 8 heteroatoms. The molecule has 2 aliphatic rings.